The zero-order valence-electron chi connectivity index (χ0n) is 9.55. The molecule has 0 atom stereocenters. The van der Waals surface area contributed by atoms with Gasteiger partial charge in [-0.2, -0.15) is 16.8 Å². The summed E-state index contributed by atoms with van der Waals surface area (Å²) < 4.78 is 0. The molecule has 8 heteroatoms. The number of aliphatic imine (C=N–C) groups is 1. The number of rotatable bonds is 2. The van der Waals surface area contributed by atoms with Crippen LogP contribution in [0.5, 0.6) is 0 Å². The van der Waals surface area contributed by atoms with Crippen molar-refractivity contribution in [3.63, 3.8) is 0 Å². The molecule has 0 saturated carbocycles. The van der Waals surface area contributed by atoms with Crippen LogP contribution in [-0.2, 0) is 13.1 Å². The van der Waals surface area contributed by atoms with Gasteiger partial charge in [0.15, 0.2) is 0 Å². The number of nitriles is 1. The third kappa shape index (κ3) is 5.86. The molecule has 96 valence electrons. The maximum atomic E-state index is 8.38. The predicted octanol–water partition coefficient (Wildman–Crippen LogP) is 3.32. The van der Waals surface area contributed by atoms with E-state index in [-0.39, 0.29) is 13.1 Å². The Hall–Kier alpha value is -1.30. The van der Waals surface area contributed by atoms with E-state index in [2.05, 4.69) is 20.0 Å². The number of aromatic amines is 1. The summed E-state index contributed by atoms with van der Waals surface area (Å²) in [5.41, 5.74) is 2.74. The van der Waals surface area contributed by atoms with Crippen LogP contribution in [0.3, 0.4) is 0 Å². The minimum atomic E-state index is 0.194. The third-order valence-electron chi connectivity index (χ3n) is 1.88. The Kier molecular flexibility index (Phi) is 9.00. The number of nitrogens with zero attached hydrogens (tertiary/aromatic N) is 4. The first-order valence-corrected chi connectivity index (χ1v) is 7.53. The Morgan fingerprint density at radius 1 is 1.39 bits per heavy atom. The van der Waals surface area contributed by atoms with E-state index in [1.165, 1.54) is 0 Å². The summed E-state index contributed by atoms with van der Waals surface area (Å²) in [6.07, 6.45) is 1.72. The van der Waals surface area contributed by atoms with Crippen molar-refractivity contribution in [2.75, 3.05) is 0 Å². The first-order valence-electron chi connectivity index (χ1n) is 4.50. The van der Waals surface area contributed by atoms with Gasteiger partial charge in [-0.1, -0.05) is 0 Å². The number of aromatic nitrogens is 1. The average molecular weight is 326 g/mol. The van der Waals surface area contributed by atoms with E-state index in [0.29, 0.717) is 11.4 Å². The monoisotopic (exact) mass is 325 g/mol. The normalized spacial score (nSPS) is 11.2. The fourth-order valence-electron chi connectivity index (χ4n) is 1.08. The van der Waals surface area contributed by atoms with Gasteiger partial charge in [0.2, 0.25) is 6.19 Å². The van der Waals surface area contributed by atoms with Crippen LogP contribution in [0, 0.1) is 18.0 Å². The van der Waals surface area contributed by atoms with Crippen LogP contribution in [0.15, 0.2) is 22.2 Å². The number of H-pyrrole nitrogens is 1. The summed E-state index contributed by atoms with van der Waals surface area (Å²) in [5.74, 6) is 0. The summed E-state index contributed by atoms with van der Waals surface area (Å²) in [4.78, 5) is 9.57. The maximum absolute atomic E-state index is 8.38. The number of hydrogen-bond donors (Lipinski definition) is 1. The van der Waals surface area contributed by atoms with Gasteiger partial charge in [-0.3, -0.25) is 0 Å². The van der Waals surface area contributed by atoms with Crippen LogP contribution in [-0.4, -0.2) is 16.4 Å². The molecule has 0 spiro atoms. The van der Waals surface area contributed by atoms with Gasteiger partial charge in [-0.15, -0.1) is 4.95 Å². The molecule has 1 aromatic heterocycles. The van der Waals surface area contributed by atoms with Crippen LogP contribution < -0.4 is 0 Å². The number of halogens is 2. The van der Waals surface area contributed by atoms with Gasteiger partial charge in [0.05, 0.1) is 22.2 Å². The van der Waals surface area contributed by atoms with E-state index < -0.39 is 0 Å². The summed E-state index contributed by atoms with van der Waals surface area (Å²) >= 11 is 0.194. The first-order chi connectivity index (χ1) is 8.60. The van der Waals surface area contributed by atoms with E-state index in [1.807, 2.05) is 0 Å². The van der Waals surface area contributed by atoms with Crippen LogP contribution in [0.4, 0.5) is 0 Å². The van der Waals surface area contributed by atoms with Crippen molar-refractivity contribution in [3.05, 3.63) is 35.0 Å². The molecule has 0 aliphatic carbocycles. The molecule has 1 heterocycles. The topological polar surface area (TPSA) is 68.7 Å². The molecular formula is C10H9Cl2FeN5. The van der Waals surface area contributed by atoms with Crippen LogP contribution in [0.1, 0.15) is 25.2 Å². The van der Waals surface area contributed by atoms with Gasteiger partial charge in [0, 0.05) is 0 Å². The van der Waals surface area contributed by atoms with E-state index in [1.54, 1.807) is 32.2 Å². The molecule has 0 unspecified atom stereocenters. The average Bonchev–Trinajstić information content (AvgIpc) is 2.80. The van der Waals surface area contributed by atoms with Gasteiger partial charge in [-0.25, -0.2) is 0 Å². The van der Waals surface area contributed by atoms with Crippen molar-refractivity contribution in [2.45, 2.75) is 13.8 Å². The zero-order valence-corrected chi connectivity index (χ0v) is 12.2. The second kappa shape index (κ2) is 9.70. The minimum absolute atomic E-state index is 0.194. The third-order valence-corrected chi connectivity index (χ3v) is 1.88. The summed E-state index contributed by atoms with van der Waals surface area (Å²) in [7, 11) is 9.53. The Morgan fingerprint density at radius 3 is 2.33 bits per heavy atom. The van der Waals surface area contributed by atoms with E-state index in [9.17, 15) is 0 Å². The summed E-state index contributed by atoms with van der Waals surface area (Å²) in [5, 5.41) is 12.0. The van der Waals surface area contributed by atoms with Crippen molar-refractivity contribution in [3.8, 4) is 6.19 Å². The van der Waals surface area contributed by atoms with Crippen molar-refractivity contribution in [2.24, 2.45) is 10.1 Å². The van der Waals surface area contributed by atoms with Gasteiger partial charge >= 0.3 is 33.3 Å². The standard InChI is InChI=1S/C10H9N5.2ClH.Fe/c1-7(13-6-11)9-4-5-10(14-9)8(2)15-12-3;;;/h4-5,14H,1-2H3;2*1H;/q;;;+2/p-2/b13-7?,15-8+;;;. The molecular weight excluding hydrogens is 317 g/mol. The second-order valence-electron chi connectivity index (χ2n) is 2.92. The van der Waals surface area contributed by atoms with Crippen molar-refractivity contribution in [1.82, 2.24) is 4.98 Å². The molecule has 0 fully saturated rings. The summed E-state index contributed by atoms with van der Waals surface area (Å²) in [6.45, 7) is 10.1. The predicted molar refractivity (Wildman–Crippen MR) is 69.1 cm³/mol. The molecule has 18 heavy (non-hydrogen) atoms. The van der Waals surface area contributed by atoms with Crippen LogP contribution in [0.2, 0.25) is 0 Å². The Bertz CT molecular complexity index is 477. The Morgan fingerprint density at radius 2 is 1.89 bits per heavy atom. The van der Waals surface area contributed by atoms with E-state index in [0.717, 1.165) is 11.4 Å². The summed E-state index contributed by atoms with van der Waals surface area (Å²) in [6, 6.07) is 3.60. The van der Waals surface area contributed by atoms with Crippen molar-refractivity contribution in [1.29, 1.82) is 5.26 Å². The molecule has 0 bridgehead atoms. The zero-order chi connectivity index (χ0) is 14.0. The fraction of sp³-hybridized carbons (Fsp3) is 0.200. The van der Waals surface area contributed by atoms with Crippen molar-refractivity contribution < 1.29 is 13.1 Å². The fourth-order valence-corrected chi connectivity index (χ4v) is 1.08. The van der Waals surface area contributed by atoms with E-state index >= 15 is 0 Å². The molecule has 0 saturated heterocycles. The van der Waals surface area contributed by atoms with Gasteiger partial charge in [0.1, 0.15) is 5.71 Å². The molecule has 0 radical (unpaired) electrons. The van der Waals surface area contributed by atoms with Crippen molar-refractivity contribution >= 4 is 31.6 Å². The molecule has 0 amide bonds. The molecule has 0 aromatic carbocycles. The van der Waals surface area contributed by atoms with Gasteiger partial charge in [0.25, 0.3) is 0 Å². The Balaban J connectivity index is 0.000000873. The van der Waals surface area contributed by atoms with Gasteiger partial charge < -0.3 is 4.98 Å². The first kappa shape index (κ1) is 16.7. The molecule has 1 N–H and O–H groups in total. The number of hydrogen-bond acceptors (Lipinski definition) is 3. The molecule has 0 aliphatic rings. The molecule has 5 nitrogen and oxygen atoms in total. The number of nitrogens with one attached hydrogen (secondary N) is 1. The molecule has 0 aliphatic heterocycles. The molecule has 1 aromatic rings. The quantitative estimate of drug-likeness (QED) is 0.293. The van der Waals surface area contributed by atoms with Crippen LogP contribution >= 0.6 is 20.2 Å². The van der Waals surface area contributed by atoms with Gasteiger partial charge in [-0.05, 0) is 26.0 Å². The molecule has 1 rings (SSSR count). The second-order valence-corrected chi connectivity index (χ2v) is 4.74. The van der Waals surface area contributed by atoms with E-state index in [4.69, 9.17) is 32.0 Å². The SMILES string of the molecule is [C-]#[N+]/N=C(\C)c1ccc(C(C)=NC#N)[nH]1.[Cl][Fe][Cl]. The Labute approximate surface area is 120 Å². The van der Waals surface area contributed by atoms with Crippen LogP contribution in [0.25, 0.3) is 4.95 Å².